The monoisotopic (exact) mass is 415 g/mol. The molecule has 0 radical (unpaired) electrons. The summed E-state index contributed by atoms with van der Waals surface area (Å²) < 4.78 is 7.18. The van der Waals surface area contributed by atoms with E-state index in [2.05, 4.69) is 10.3 Å². The Bertz CT molecular complexity index is 1060. The molecule has 29 heavy (non-hydrogen) atoms. The van der Waals surface area contributed by atoms with Crippen molar-refractivity contribution in [3.63, 3.8) is 0 Å². The third kappa shape index (κ3) is 5.35. The third-order valence-corrected chi connectivity index (χ3v) is 4.70. The average Bonchev–Trinajstić information content (AvgIpc) is 2.68. The predicted octanol–water partition coefficient (Wildman–Crippen LogP) is 3.38. The number of β-amino-alcohol motifs (C(OH)–C–C–N with tert-alkyl or cyclic N) is 1. The van der Waals surface area contributed by atoms with Crippen molar-refractivity contribution < 1.29 is 9.84 Å². The van der Waals surface area contributed by atoms with E-state index in [4.69, 9.17) is 16.3 Å². The van der Waals surface area contributed by atoms with E-state index < -0.39 is 6.10 Å². The number of ether oxygens (including phenoxy) is 1. The smallest absolute Gasteiger partial charge is 0.261 e. The van der Waals surface area contributed by atoms with Gasteiger partial charge in [-0.05, 0) is 63.2 Å². The van der Waals surface area contributed by atoms with E-state index in [0.717, 1.165) is 5.56 Å². The number of hydrogen-bond donors (Lipinski definition) is 2. The number of aliphatic hydroxyl groups is 1. The molecule has 0 spiro atoms. The number of rotatable bonds is 6. The average molecular weight is 416 g/mol. The molecule has 1 unspecified atom stereocenters. The first-order chi connectivity index (χ1) is 13.6. The zero-order valence-electron chi connectivity index (χ0n) is 17.1. The summed E-state index contributed by atoms with van der Waals surface area (Å²) in [6.45, 7) is 6.77. The van der Waals surface area contributed by atoms with Crippen molar-refractivity contribution in [2.45, 2.75) is 32.4 Å². The Kier molecular flexibility index (Phi) is 6.27. The van der Waals surface area contributed by atoms with E-state index >= 15 is 0 Å². The van der Waals surface area contributed by atoms with Gasteiger partial charge < -0.3 is 15.2 Å². The number of halogens is 1. The fourth-order valence-electron chi connectivity index (χ4n) is 2.88. The van der Waals surface area contributed by atoms with Crippen LogP contribution in [0.3, 0.4) is 0 Å². The van der Waals surface area contributed by atoms with Crippen LogP contribution in [-0.2, 0) is 7.05 Å². The molecule has 7 heteroatoms. The first kappa shape index (κ1) is 21.3. The number of aromatic nitrogens is 2. The number of aliphatic hydroxyl groups excluding tert-OH is 1. The highest BCUT2D eigenvalue weighted by molar-refractivity contribution is 6.31. The fourth-order valence-corrected chi connectivity index (χ4v) is 3.05. The minimum Gasteiger partial charge on any atom is -0.491 e. The van der Waals surface area contributed by atoms with Crippen LogP contribution >= 0.6 is 11.6 Å². The second-order valence-electron chi connectivity index (χ2n) is 8.08. The van der Waals surface area contributed by atoms with Crippen molar-refractivity contribution in [2.24, 2.45) is 7.05 Å². The molecule has 0 fully saturated rings. The molecule has 154 valence electrons. The lowest BCUT2D eigenvalue weighted by Gasteiger charge is -2.23. The summed E-state index contributed by atoms with van der Waals surface area (Å²) in [5.74, 6) is 1.20. The van der Waals surface area contributed by atoms with Gasteiger partial charge in [-0.15, -0.1) is 0 Å². The van der Waals surface area contributed by atoms with E-state index in [0.29, 0.717) is 34.0 Å². The Morgan fingerprint density at radius 1 is 1.21 bits per heavy atom. The maximum absolute atomic E-state index is 12.7. The third-order valence-electron chi connectivity index (χ3n) is 4.46. The van der Waals surface area contributed by atoms with Crippen molar-refractivity contribution in [1.82, 2.24) is 14.9 Å². The van der Waals surface area contributed by atoms with Crippen molar-refractivity contribution in [3.8, 4) is 17.1 Å². The van der Waals surface area contributed by atoms with Gasteiger partial charge in [-0.25, -0.2) is 4.98 Å². The Hall–Kier alpha value is -2.41. The largest absolute Gasteiger partial charge is 0.491 e. The lowest BCUT2D eigenvalue weighted by Crippen LogP contribution is -2.42. The molecule has 2 aromatic carbocycles. The Labute approximate surface area is 175 Å². The summed E-state index contributed by atoms with van der Waals surface area (Å²) in [7, 11) is 1.69. The zero-order chi connectivity index (χ0) is 21.2. The minimum atomic E-state index is -0.608. The molecule has 2 N–H and O–H groups in total. The van der Waals surface area contributed by atoms with Crippen LogP contribution in [0.2, 0.25) is 5.02 Å². The summed E-state index contributed by atoms with van der Waals surface area (Å²) in [5, 5.41) is 14.3. The van der Waals surface area contributed by atoms with E-state index in [1.54, 1.807) is 37.4 Å². The van der Waals surface area contributed by atoms with Crippen LogP contribution in [0.25, 0.3) is 22.3 Å². The maximum atomic E-state index is 12.7. The molecule has 1 aromatic heterocycles. The standard InChI is InChI=1S/C22H26ClN3O3/c1-22(2,3)24-12-16(27)13-29-17-8-5-14(6-9-17)20-25-19-10-7-15(23)11-18(19)21(28)26(20)4/h5-11,16,24,27H,12-13H2,1-4H3. The summed E-state index contributed by atoms with van der Waals surface area (Å²) >= 11 is 6.00. The molecule has 0 saturated carbocycles. The summed E-state index contributed by atoms with van der Waals surface area (Å²) in [6, 6.07) is 12.4. The molecule has 0 saturated heterocycles. The lowest BCUT2D eigenvalue weighted by molar-refractivity contribution is 0.100. The van der Waals surface area contributed by atoms with E-state index in [-0.39, 0.29) is 17.7 Å². The molecule has 0 amide bonds. The molecule has 3 aromatic rings. The minimum absolute atomic E-state index is 0.0588. The predicted molar refractivity (Wildman–Crippen MR) is 117 cm³/mol. The molecule has 0 aliphatic carbocycles. The quantitative estimate of drug-likeness (QED) is 0.645. The Morgan fingerprint density at radius 2 is 1.90 bits per heavy atom. The second-order valence-corrected chi connectivity index (χ2v) is 8.52. The second kappa shape index (κ2) is 8.53. The van der Waals surface area contributed by atoms with Crippen LogP contribution in [0, 0.1) is 0 Å². The van der Waals surface area contributed by atoms with Gasteiger partial charge in [0.25, 0.3) is 5.56 Å². The van der Waals surface area contributed by atoms with Gasteiger partial charge in [0.2, 0.25) is 0 Å². The number of hydrogen-bond acceptors (Lipinski definition) is 5. The first-order valence-electron chi connectivity index (χ1n) is 9.47. The molecule has 0 bridgehead atoms. The number of nitrogens with one attached hydrogen (secondary N) is 1. The van der Waals surface area contributed by atoms with Crippen molar-refractivity contribution in [1.29, 1.82) is 0 Å². The molecule has 6 nitrogen and oxygen atoms in total. The molecular formula is C22H26ClN3O3. The van der Waals surface area contributed by atoms with E-state index in [9.17, 15) is 9.90 Å². The maximum Gasteiger partial charge on any atom is 0.261 e. The fraction of sp³-hybridized carbons (Fsp3) is 0.364. The van der Waals surface area contributed by atoms with Gasteiger partial charge >= 0.3 is 0 Å². The van der Waals surface area contributed by atoms with Gasteiger partial charge in [0.15, 0.2) is 0 Å². The summed E-state index contributed by atoms with van der Waals surface area (Å²) in [6.07, 6.45) is -0.608. The summed E-state index contributed by atoms with van der Waals surface area (Å²) in [4.78, 5) is 17.3. The Morgan fingerprint density at radius 3 is 2.55 bits per heavy atom. The number of nitrogens with zero attached hydrogens (tertiary/aromatic N) is 2. The summed E-state index contributed by atoms with van der Waals surface area (Å²) in [5.41, 5.74) is 1.19. The van der Waals surface area contributed by atoms with Gasteiger partial charge in [-0.1, -0.05) is 11.6 Å². The molecule has 1 heterocycles. The normalized spacial score (nSPS) is 12.9. The molecule has 3 rings (SSSR count). The number of fused-ring (bicyclic) bond motifs is 1. The SMILES string of the molecule is Cn1c(-c2ccc(OCC(O)CNC(C)(C)C)cc2)nc2ccc(Cl)cc2c1=O. The van der Waals surface area contributed by atoms with Crippen LogP contribution in [0.1, 0.15) is 20.8 Å². The highest BCUT2D eigenvalue weighted by atomic mass is 35.5. The van der Waals surface area contributed by atoms with E-state index in [1.165, 1.54) is 4.57 Å². The van der Waals surface area contributed by atoms with Crippen molar-refractivity contribution >= 4 is 22.5 Å². The molecular weight excluding hydrogens is 390 g/mol. The van der Waals surface area contributed by atoms with Gasteiger partial charge in [0, 0.05) is 29.7 Å². The van der Waals surface area contributed by atoms with Gasteiger partial charge in [-0.2, -0.15) is 0 Å². The van der Waals surface area contributed by atoms with Crippen LogP contribution < -0.4 is 15.6 Å². The highest BCUT2D eigenvalue weighted by Gasteiger charge is 2.13. The van der Waals surface area contributed by atoms with Crippen LogP contribution in [0.5, 0.6) is 5.75 Å². The Balaban J connectivity index is 1.74. The molecule has 0 aliphatic heterocycles. The topological polar surface area (TPSA) is 76.4 Å². The van der Waals surface area contributed by atoms with Crippen LogP contribution in [-0.4, -0.2) is 39.5 Å². The van der Waals surface area contributed by atoms with E-state index in [1.807, 2.05) is 32.9 Å². The first-order valence-corrected chi connectivity index (χ1v) is 9.84. The lowest BCUT2D eigenvalue weighted by atomic mass is 10.1. The van der Waals surface area contributed by atoms with Crippen LogP contribution in [0.15, 0.2) is 47.3 Å². The molecule has 1 atom stereocenters. The van der Waals surface area contributed by atoms with Gasteiger partial charge in [0.1, 0.15) is 24.3 Å². The molecule has 0 aliphatic rings. The number of benzene rings is 2. The van der Waals surface area contributed by atoms with Gasteiger partial charge in [-0.3, -0.25) is 9.36 Å². The van der Waals surface area contributed by atoms with Gasteiger partial charge in [0.05, 0.1) is 10.9 Å². The van der Waals surface area contributed by atoms with Crippen molar-refractivity contribution in [2.75, 3.05) is 13.2 Å². The van der Waals surface area contributed by atoms with Crippen molar-refractivity contribution in [3.05, 3.63) is 57.8 Å². The van der Waals surface area contributed by atoms with Crippen LogP contribution in [0.4, 0.5) is 0 Å². The zero-order valence-corrected chi connectivity index (χ0v) is 17.8. The highest BCUT2D eigenvalue weighted by Crippen LogP contribution is 2.22.